The van der Waals surface area contributed by atoms with E-state index in [1.54, 1.807) is 11.3 Å². The molecule has 110 valence electrons. The monoisotopic (exact) mass is 301 g/mol. The molecule has 0 spiro atoms. The molecule has 0 saturated carbocycles. The number of rotatable bonds is 5. The van der Waals surface area contributed by atoms with Crippen LogP contribution < -0.4 is 5.32 Å². The molecule has 0 saturated heterocycles. The van der Waals surface area contributed by atoms with E-state index in [-0.39, 0.29) is 6.42 Å². The summed E-state index contributed by atoms with van der Waals surface area (Å²) in [6, 6.07) is 13.0. The summed E-state index contributed by atoms with van der Waals surface area (Å²) in [6.45, 7) is 0.809. The van der Waals surface area contributed by atoms with Crippen molar-refractivity contribution in [2.75, 3.05) is 0 Å². The topological polar surface area (TPSA) is 49.3 Å². The third-order valence-electron chi connectivity index (χ3n) is 3.93. The molecular formula is C17H19NO2S. The van der Waals surface area contributed by atoms with E-state index in [4.69, 9.17) is 5.11 Å². The van der Waals surface area contributed by atoms with Crippen molar-refractivity contribution in [1.29, 1.82) is 0 Å². The second-order valence-electron chi connectivity index (χ2n) is 5.46. The second kappa shape index (κ2) is 6.41. The Kier molecular flexibility index (Phi) is 4.36. The van der Waals surface area contributed by atoms with Crippen molar-refractivity contribution in [1.82, 2.24) is 5.32 Å². The first kappa shape index (κ1) is 14.3. The molecule has 1 aliphatic carbocycles. The van der Waals surface area contributed by atoms with Crippen LogP contribution in [0, 0.1) is 0 Å². The van der Waals surface area contributed by atoms with Gasteiger partial charge in [0.1, 0.15) is 0 Å². The van der Waals surface area contributed by atoms with Crippen LogP contribution in [-0.2, 0) is 24.2 Å². The van der Waals surface area contributed by atoms with E-state index in [9.17, 15) is 4.79 Å². The van der Waals surface area contributed by atoms with Gasteiger partial charge in [-0.2, -0.15) is 0 Å². The number of fused-ring (bicyclic) bond motifs is 1. The number of benzene rings is 1. The van der Waals surface area contributed by atoms with E-state index >= 15 is 0 Å². The van der Waals surface area contributed by atoms with Gasteiger partial charge in [0.05, 0.1) is 6.42 Å². The standard InChI is InChI=1S/C17H19NO2S/c19-17(20)10-13-8-9-14(21-13)11-18-16-7-3-5-12-4-1-2-6-15(12)16/h1-2,4,6,8-9,16,18H,3,5,7,10-11H2,(H,19,20). The van der Waals surface area contributed by atoms with Crippen LogP contribution >= 0.6 is 11.3 Å². The molecule has 2 N–H and O–H groups in total. The Morgan fingerprint density at radius 2 is 2.05 bits per heavy atom. The number of hydrogen-bond acceptors (Lipinski definition) is 3. The van der Waals surface area contributed by atoms with Crippen molar-refractivity contribution in [3.8, 4) is 0 Å². The van der Waals surface area contributed by atoms with Gasteiger partial charge in [-0.1, -0.05) is 24.3 Å². The zero-order valence-electron chi connectivity index (χ0n) is 11.8. The van der Waals surface area contributed by atoms with Crippen LogP contribution in [0.15, 0.2) is 36.4 Å². The van der Waals surface area contributed by atoms with Crippen LogP contribution in [0.2, 0.25) is 0 Å². The van der Waals surface area contributed by atoms with Gasteiger partial charge in [0.15, 0.2) is 0 Å². The molecular weight excluding hydrogens is 282 g/mol. The number of aryl methyl sites for hydroxylation is 1. The molecule has 0 fully saturated rings. The number of aliphatic carboxylic acids is 1. The number of thiophene rings is 1. The Morgan fingerprint density at radius 3 is 2.90 bits per heavy atom. The van der Waals surface area contributed by atoms with Gasteiger partial charge in [0, 0.05) is 22.3 Å². The molecule has 21 heavy (non-hydrogen) atoms. The normalized spacial score (nSPS) is 17.4. The highest BCUT2D eigenvalue weighted by atomic mass is 32.1. The molecule has 1 aromatic heterocycles. The van der Waals surface area contributed by atoms with Gasteiger partial charge in [0.25, 0.3) is 0 Å². The zero-order valence-corrected chi connectivity index (χ0v) is 12.7. The Morgan fingerprint density at radius 1 is 1.24 bits per heavy atom. The number of carboxylic acids is 1. The molecule has 1 aromatic carbocycles. The van der Waals surface area contributed by atoms with Crippen molar-refractivity contribution < 1.29 is 9.90 Å². The highest BCUT2D eigenvalue weighted by Gasteiger charge is 2.19. The van der Waals surface area contributed by atoms with Gasteiger partial charge in [-0.25, -0.2) is 0 Å². The molecule has 4 heteroatoms. The highest BCUT2D eigenvalue weighted by molar-refractivity contribution is 7.12. The fourth-order valence-electron chi connectivity index (χ4n) is 2.95. The number of hydrogen-bond donors (Lipinski definition) is 2. The van der Waals surface area contributed by atoms with E-state index in [1.165, 1.54) is 35.3 Å². The van der Waals surface area contributed by atoms with Gasteiger partial charge >= 0.3 is 5.97 Å². The summed E-state index contributed by atoms with van der Waals surface area (Å²) >= 11 is 1.59. The number of nitrogens with one attached hydrogen (secondary N) is 1. The lowest BCUT2D eigenvalue weighted by atomic mass is 9.88. The summed E-state index contributed by atoms with van der Waals surface area (Å²) in [6.07, 6.45) is 3.70. The third kappa shape index (κ3) is 3.52. The van der Waals surface area contributed by atoms with Gasteiger partial charge in [-0.3, -0.25) is 4.79 Å². The molecule has 1 aliphatic rings. The Hall–Kier alpha value is -1.65. The van der Waals surface area contributed by atoms with Gasteiger partial charge in [0.2, 0.25) is 0 Å². The molecule has 2 aromatic rings. The number of carboxylic acid groups (broad SMARTS) is 1. The summed E-state index contributed by atoms with van der Waals surface area (Å²) in [5.74, 6) is -0.766. The summed E-state index contributed by atoms with van der Waals surface area (Å²) in [5.41, 5.74) is 2.88. The largest absolute Gasteiger partial charge is 0.481 e. The fraction of sp³-hybridized carbons (Fsp3) is 0.353. The molecule has 3 nitrogen and oxygen atoms in total. The quantitative estimate of drug-likeness (QED) is 0.888. The van der Waals surface area contributed by atoms with E-state index in [0.29, 0.717) is 6.04 Å². The van der Waals surface area contributed by atoms with Crippen molar-refractivity contribution in [2.45, 2.75) is 38.3 Å². The lowest BCUT2D eigenvalue weighted by molar-refractivity contribution is -0.136. The van der Waals surface area contributed by atoms with Crippen molar-refractivity contribution in [3.63, 3.8) is 0 Å². The Bertz CT molecular complexity index is 635. The van der Waals surface area contributed by atoms with Gasteiger partial charge in [-0.05, 0) is 42.5 Å². The molecule has 1 unspecified atom stereocenters. The minimum atomic E-state index is -0.766. The average molecular weight is 301 g/mol. The van der Waals surface area contributed by atoms with Crippen LogP contribution in [0.5, 0.6) is 0 Å². The van der Waals surface area contributed by atoms with E-state index < -0.39 is 5.97 Å². The zero-order chi connectivity index (χ0) is 14.7. The van der Waals surface area contributed by atoms with Crippen molar-refractivity contribution in [3.05, 3.63) is 57.3 Å². The van der Waals surface area contributed by atoms with Crippen LogP contribution in [-0.4, -0.2) is 11.1 Å². The number of carbonyl (C=O) groups is 1. The lowest BCUT2D eigenvalue weighted by Gasteiger charge is -2.26. The fourth-order valence-corrected chi connectivity index (χ4v) is 3.91. The van der Waals surface area contributed by atoms with E-state index in [2.05, 4.69) is 29.6 Å². The van der Waals surface area contributed by atoms with Crippen LogP contribution in [0.4, 0.5) is 0 Å². The maximum absolute atomic E-state index is 10.7. The highest BCUT2D eigenvalue weighted by Crippen LogP contribution is 2.30. The van der Waals surface area contributed by atoms with Crippen LogP contribution in [0.1, 0.15) is 39.8 Å². The Balaban J connectivity index is 1.63. The molecule has 0 radical (unpaired) electrons. The SMILES string of the molecule is O=C(O)Cc1ccc(CNC2CCCc3ccccc32)s1. The van der Waals surface area contributed by atoms with E-state index in [1.807, 2.05) is 12.1 Å². The molecule has 3 rings (SSSR count). The average Bonchev–Trinajstić information content (AvgIpc) is 2.92. The third-order valence-corrected chi connectivity index (χ3v) is 5.02. The van der Waals surface area contributed by atoms with E-state index in [0.717, 1.165) is 11.4 Å². The summed E-state index contributed by atoms with van der Waals surface area (Å²) in [7, 11) is 0. The van der Waals surface area contributed by atoms with Gasteiger partial charge < -0.3 is 10.4 Å². The van der Waals surface area contributed by atoms with Crippen molar-refractivity contribution >= 4 is 17.3 Å². The summed E-state index contributed by atoms with van der Waals surface area (Å²) in [5, 5.41) is 12.4. The predicted octanol–water partition coefficient (Wildman–Crippen LogP) is 3.54. The second-order valence-corrected chi connectivity index (χ2v) is 6.72. The maximum Gasteiger partial charge on any atom is 0.308 e. The molecule has 1 heterocycles. The smallest absolute Gasteiger partial charge is 0.308 e. The summed E-state index contributed by atoms with van der Waals surface area (Å²) in [4.78, 5) is 12.8. The van der Waals surface area contributed by atoms with Crippen molar-refractivity contribution in [2.24, 2.45) is 0 Å². The first-order valence-electron chi connectivity index (χ1n) is 7.33. The first-order valence-corrected chi connectivity index (χ1v) is 8.14. The minimum absolute atomic E-state index is 0.122. The first-order chi connectivity index (χ1) is 10.2. The molecule has 0 aliphatic heterocycles. The lowest BCUT2D eigenvalue weighted by Crippen LogP contribution is -2.24. The maximum atomic E-state index is 10.7. The molecule has 1 atom stereocenters. The Labute approximate surface area is 128 Å². The van der Waals surface area contributed by atoms with Gasteiger partial charge in [-0.15, -0.1) is 11.3 Å². The van der Waals surface area contributed by atoms with Crippen LogP contribution in [0.3, 0.4) is 0 Å². The molecule has 0 bridgehead atoms. The minimum Gasteiger partial charge on any atom is -0.481 e. The summed E-state index contributed by atoms with van der Waals surface area (Å²) < 4.78 is 0. The molecule has 0 amide bonds. The predicted molar refractivity (Wildman–Crippen MR) is 84.6 cm³/mol. The van der Waals surface area contributed by atoms with Crippen LogP contribution in [0.25, 0.3) is 0 Å².